The van der Waals surface area contributed by atoms with Crippen molar-refractivity contribution in [2.45, 2.75) is 18.6 Å². The maximum absolute atomic E-state index is 5.37. The summed E-state index contributed by atoms with van der Waals surface area (Å²) in [7, 11) is 0. The zero-order chi connectivity index (χ0) is 6.69. The first-order chi connectivity index (χ1) is 4.33. The van der Waals surface area contributed by atoms with Gasteiger partial charge in [0.2, 0.25) is 0 Å². The molecule has 0 aromatic carbocycles. The van der Waals surface area contributed by atoms with E-state index in [0.717, 1.165) is 5.25 Å². The van der Waals surface area contributed by atoms with Crippen LogP contribution in [0.1, 0.15) is 13.3 Å². The molecule has 0 spiro atoms. The van der Waals surface area contributed by atoms with Crippen LogP contribution in [0.5, 0.6) is 0 Å². The van der Waals surface area contributed by atoms with Gasteiger partial charge < -0.3 is 5.73 Å². The maximum atomic E-state index is 5.37. The Bertz CT molecular complexity index is 120. The smallest absolute Gasteiger partial charge is 0.0146 e. The Labute approximate surface area is 60.7 Å². The zero-order valence-electron chi connectivity index (χ0n) is 5.76. The van der Waals surface area contributed by atoms with Crippen molar-refractivity contribution in [2.75, 3.05) is 12.3 Å². The quantitative estimate of drug-likeness (QED) is 0.561. The Morgan fingerprint density at radius 3 is 3.11 bits per heavy atom. The van der Waals surface area contributed by atoms with Crippen LogP contribution in [-0.2, 0) is 0 Å². The van der Waals surface area contributed by atoms with Crippen LogP contribution in [0.25, 0.3) is 0 Å². The fourth-order valence-corrected chi connectivity index (χ4v) is 2.11. The molecule has 1 rings (SSSR count). The van der Waals surface area contributed by atoms with Gasteiger partial charge in [-0.1, -0.05) is 18.6 Å². The standard InChI is InChI=1S/C7H13NS/c1-6-4-7(2-3-8)5-9-6/h2,6H,3-5,8H2,1H3. The lowest BCUT2D eigenvalue weighted by Gasteiger charge is -1.93. The second kappa shape index (κ2) is 3.28. The third kappa shape index (κ3) is 2.03. The van der Waals surface area contributed by atoms with Gasteiger partial charge in [0.1, 0.15) is 0 Å². The highest BCUT2D eigenvalue weighted by molar-refractivity contribution is 8.00. The van der Waals surface area contributed by atoms with Gasteiger partial charge in [-0.2, -0.15) is 11.8 Å². The summed E-state index contributed by atoms with van der Waals surface area (Å²) in [4.78, 5) is 0. The predicted octanol–water partition coefficient (Wildman–Crippen LogP) is 1.40. The van der Waals surface area contributed by atoms with Gasteiger partial charge in [-0.05, 0) is 6.42 Å². The van der Waals surface area contributed by atoms with Crippen molar-refractivity contribution in [3.05, 3.63) is 11.6 Å². The van der Waals surface area contributed by atoms with Crippen LogP contribution in [0.2, 0.25) is 0 Å². The molecule has 1 aliphatic rings. The summed E-state index contributed by atoms with van der Waals surface area (Å²) < 4.78 is 0. The molecule has 9 heavy (non-hydrogen) atoms. The van der Waals surface area contributed by atoms with Crippen molar-refractivity contribution < 1.29 is 0 Å². The summed E-state index contributed by atoms with van der Waals surface area (Å²) in [5.41, 5.74) is 6.91. The fraction of sp³-hybridized carbons (Fsp3) is 0.714. The Morgan fingerprint density at radius 1 is 1.89 bits per heavy atom. The third-order valence-electron chi connectivity index (χ3n) is 1.51. The van der Waals surface area contributed by atoms with E-state index in [1.54, 1.807) is 0 Å². The Kier molecular flexibility index (Phi) is 2.61. The molecule has 2 heteroatoms. The van der Waals surface area contributed by atoms with Gasteiger partial charge in [-0.25, -0.2) is 0 Å². The lowest BCUT2D eigenvalue weighted by atomic mass is 10.2. The first-order valence-electron chi connectivity index (χ1n) is 3.32. The van der Waals surface area contributed by atoms with Crippen LogP contribution >= 0.6 is 11.8 Å². The summed E-state index contributed by atoms with van der Waals surface area (Å²) in [5, 5.41) is 0.822. The molecule has 52 valence electrons. The van der Waals surface area contributed by atoms with Crippen LogP contribution < -0.4 is 5.73 Å². The summed E-state index contributed by atoms with van der Waals surface area (Å²) in [6.07, 6.45) is 3.40. The molecule has 2 N–H and O–H groups in total. The molecule has 1 fully saturated rings. The topological polar surface area (TPSA) is 26.0 Å². The first kappa shape index (κ1) is 7.16. The molecule has 0 aromatic rings. The van der Waals surface area contributed by atoms with E-state index in [4.69, 9.17) is 5.73 Å². The molecule has 0 radical (unpaired) electrons. The van der Waals surface area contributed by atoms with Gasteiger partial charge in [0.15, 0.2) is 0 Å². The van der Waals surface area contributed by atoms with Crippen molar-refractivity contribution in [2.24, 2.45) is 5.73 Å². The number of hydrogen-bond acceptors (Lipinski definition) is 2. The predicted molar refractivity (Wildman–Crippen MR) is 43.7 cm³/mol. The van der Waals surface area contributed by atoms with Crippen molar-refractivity contribution in [1.82, 2.24) is 0 Å². The molecule has 1 aliphatic heterocycles. The van der Waals surface area contributed by atoms with Gasteiger partial charge in [-0.15, -0.1) is 0 Å². The minimum absolute atomic E-state index is 0.711. The van der Waals surface area contributed by atoms with E-state index in [2.05, 4.69) is 13.0 Å². The van der Waals surface area contributed by atoms with E-state index < -0.39 is 0 Å². The summed E-state index contributed by atoms with van der Waals surface area (Å²) >= 11 is 2.02. The van der Waals surface area contributed by atoms with E-state index in [-0.39, 0.29) is 0 Å². The van der Waals surface area contributed by atoms with Gasteiger partial charge in [-0.3, -0.25) is 0 Å². The molecule has 1 saturated heterocycles. The average molecular weight is 143 g/mol. The lowest BCUT2D eigenvalue weighted by Crippen LogP contribution is -1.95. The lowest BCUT2D eigenvalue weighted by molar-refractivity contribution is 0.959. The largest absolute Gasteiger partial charge is 0.327 e. The number of rotatable bonds is 1. The van der Waals surface area contributed by atoms with E-state index in [9.17, 15) is 0 Å². The van der Waals surface area contributed by atoms with Crippen molar-refractivity contribution in [1.29, 1.82) is 0 Å². The monoisotopic (exact) mass is 143 g/mol. The van der Waals surface area contributed by atoms with Crippen molar-refractivity contribution >= 4 is 11.8 Å². The van der Waals surface area contributed by atoms with Crippen LogP contribution in [0.15, 0.2) is 11.6 Å². The fourth-order valence-electron chi connectivity index (χ4n) is 1.05. The number of nitrogens with two attached hydrogens (primary N) is 1. The zero-order valence-corrected chi connectivity index (χ0v) is 6.58. The van der Waals surface area contributed by atoms with E-state index in [0.29, 0.717) is 6.54 Å². The van der Waals surface area contributed by atoms with Gasteiger partial charge >= 0.3 is 0 Å². The van der Waals surface area contributed by atoms with Gasteiger partial charge in [0.05, 0.1) is 0 Å². The molecule has 0 bridgehead atoms. The highest BCUT2D eigenvalue weighted by atomic mass is 32.2. The van der Waals surface area contributed by atoms with E-state index in [1.807, 2.05) is 11.8 Å². The van der Waals surface area contributed by atoms with E-state index >= 15 is 0 Å². The Morgan fingerprint density at radius 2 is 2.67 bits per heavy atom. The minimum atomic E-state index is 0.711. The molecule has 0 aromatic heterocycles. The van der Waals surface area contributed by atoms with Crippen LogP contribution in [0, 0.1) is 0 Å². The maximum Gasteiger partial charge on any atom is 0.0146 e. The Balaban J connectivity index is 2.38. The van der Waals surface area contributed by atoms with Crippen molar-refractivity contribution in [3.63, 3.8) is 0 Å². The second-order valence-electron chi connectivity index (χ2n) is 2.42. The molecular weight excluding hydrogens is 130 g/mol. The molecule has 1 unspecified atom stereocenters. The van der Waals surface area contributed by atoms with Crippen molar-refractivity contribution in [3.8, 4) is 0 Å². The summed E-state index contributed by atoms with van der Waals surface area (Å²) in [6, 6.07) is 0. The molecule has 0 amide bonds. The van der Waals surface area contributed by atoms with Crippen LogP contribution in [0.3, 0.4) is 0 Å². The Hall–Kier alpha value is 0.0500. The van der Waals surface area contributed by atoms with Gasteiger partial charge in [0, 0.05) is 17.5 Å². The molecule has 1 heterocycles. The first-order valence-corrected chi connectivity index (χ1v) is 4.37. The highest BCUT2D eigenvalue weighted by Gasteiger charge is 2.13. The number of hydrogen-bond donors (Lipinski definition) is 1. The van der Waals surface area contributed by atoms with Crippen LogP contribution in [-0.4, -0.2) is 17.5 Å². The van der Waals surface area contributed by atoms with Gasteiger partial charge in [0.25, 0.3) is 0 Å². The van der Waals surface area contributed by atoms with E-state index in [1.165, 1.54) is 17.7 Å². The summed E-state index contributed by atoms with van der Waals surface area (Å²) in [6.45, 7) is 2.98. The second-order valence-corrected chi connectivity index (χ2v) is 3.85. The third-order valence-corrected chi connectivity index (χ3v) is 2.78. The minimum Gasteiger partial charge on any atom is -0.327 e. The molecule has 0 saturated carbocycles. The summed E-state index contributed by atoms with van der Waals surface area (Å²) in [5.74, 6) is 1.21. The number of thioether (sulfide) groups is 1. The average Bonchev–Trinajstić information content (AvgIpc) is 2.17. The molecule has 1 atom stereocenters. The molecule has 0 aliphatic carbocycles. The molecular formula is C7H13NS. The SMILES string of the molecule is CC1CC(=CCN)CS1. The molecule has 1 nitrogen and oxygen atoms in total. The normalized spacial score (nSPS) is 31.8. The highest BCUT2D eigenvalue weighted by Crippen LogP contribution is 2.29. The van der Waals surface area contributed by atoms with Crippen LogP contribution in [0.4, 0.5) is 0 Å².